The molecule has 0 spiro atoms. The van der Waals surface area contributed by atoms with Crippen LogP contribution in [0.3, 0.4) is 0 Å². The van der Waals surface area contributed by atoms with Crippen LogP contribution in [0.5, 0.6) is 0 Å². The Morgan fingerprint density at radius 3 is 2.57 bits per heavy atom. The lowest BCUT2D eigenvalue weighted by atomic mass is 9.86. The summed E-state index contributed by atoms with van der Waals surface area (Å²) in [6, 6.07) is 14.9. The minimum atomic E-state index is -0.507. The zero-order valence-corrected chi connectivity index (χ0v) is 20.3. The van der Waals surface area contributed by atoms with Gasteiger partial charge in [-0.15, -0.1) is 0 Å². The van der Waals surface area contributed by atoms with E-state index in [1.54, 1.807) is 4.90 Å². The third-order valence-electron chi connectivity index (χ3n) is 7.53. The normalized spacial score (nSPS) is 23.0. The number of aromatic nitrogens is 1. The zero-order valence-electron chi connectivity index (χ0n) is 19.6. The van der Waals surface area contributed by atoms with E-state index in [1.165, 1.54) is 0 Å². The largest absolute Gasteiger partial charge is 0.379 e. The molecule has 1 N–H and O–H groups in total. The smallest absolute Gasteiger partial charge is 0.246 e. The number of piperazine rings is 1. The summed E-state index contributed by atoms with van der Waals surface area (Å²) < 4.78 is 5.43. The van der Waals surface area contributed by atoms with Crippen molar-refractivity contribution in [2.45, 2.75) is 24.9 Å². The first-order chi connectivity index (χ1) is 17.1. The number of nitrogens with one attached hydrogen (secondary N) is 1. The van der Waals surface area contributed by atoms with Gasteiger partial charge in [0.15, 0.2) is 0 Å². The molecule has 2 amide bonds. The third-order valence-corrected chi connectivity index (χ3v) is 7.79. The van der Waals surface area contributed by atoms with E-state index in [0.717, 1.165) is 67.0 Å². The number of ether oxygens (including phenoxy) is 1. The van der Waals surface area contributed by atoms with Crippen LogP contribution in [0.25, 0.3) is 10.9 Å². The summed E-state index contributed by atoms with van der Waals surface area (Å²) in [7, 11) is 0. The van der Waals surface area contributed by atoms with E-state index in [4.69, 9.17) is 16.3 Å². The molecule has 0 unspecified atom stereocenters. The Labute approximate surface area is 209 Å². The van der Waals surface area contributed by atoms with Gasteiger partial charge in [-0.05, 0) is 35.7 Å². The Bertz CT molecular complexity index is 1250. The topological polar surface area (TPSA) is 68.9 Å². The second-order valence-corrected chi connectivity index (χ2v) is 10.0. The Morgan fingerprint density at radius 1 is 1.00 bits per heavy atom. The van der Waals surface area contributed by atoms with E-state index in [2.05, 4.69) is 16.0 Å². The number of fused-ring (bicyclic) bond motifs is 4. The van der Waals surface area contributed by atoms with Crippen molar-refractivity contribution < 1.29 is 14.3 Å². The van der Waals surface area contributed by atoms with Gasteiger partial charge in [0.05, 0.1) is 25.8 Å². The second kappa shape index (κ2) is 9.30. The molecular weight excluding hydrogens is 464 g/mol. The molecule has 6 rings (SSSR count). The van der Waals surface area contributed by atoms with E-state index in [0.29, 0.717) is 18.0 Å². The van der Waals surface area contributed by atoms with Crippen LogP contribution in [-0.2, 0) is 20.7 Å². The van der Waals surface area contributed by atoms with E-state index in [9.17, 15) is 9.59 Å². The number of para-hydroxylation sites is 1. The van der Waals surface area contributed by atoms with Crippen LogP contribution in [0.15, 0.2) is 48.5 Å². The van der Waals surface area contributed by atoms with Gasteiger partial charge in [-0.2, -0.15) is 0 Å². The lowest BCUT2D eigenvalue weighted by Gasteiger charge is -2.47. The molecule has 3 aliphatic rings. The lowest BCUT2D eigenvalue weighted by Crippen LogP contribution is -2.63. The zero-order chi connectivity index (χ0) is 23.9. The van der Waals surface area contributed by atoms with Crippen molar-refractivity contribution in [2.24, 2.45) is 0 Å². The maximum Gasteiger partial charge on any atom is 0.246 e. The number of rotatable bonds is 5. The number of aromatic amines is 1. The van der Waals surface area contributed by atoms with Crippen LogP contribution in [0, 0.1) is 0 Å². The van der Waals surface area contributed by atoms with Gasteiger partial charge in [0.25, 0.3) is 0 Å². The molecule has 0 aliphatic carbocycles. The standard InChI is InChI=1S/C27H29ClN4O3/c28-19-8-6-18(7-9-19)26-25-21(20-4-1-2-5-22(20)29-25)16-23-27(34)31(17-24(33)32(23)26)11-3-10-30-12-14-35-15-13-30/h1-2,4-9,23,26,29H,3,10-17H2/t23-,26-/m1/s1. The molecule has 2 aromatic carbocycles. The van der Waals surface area contributed by atoms with E-state index in [-0.39, 0.29) is 24.4 Å². The fraction of sp³-hybridized carbons (Fsp3) is 0.407. The summed E-state index contributed by atoms with van der Waals surface area (Å²) in [5.41, 5.74) is 4.09. The molecule has 0 saturated carbocycles. The summed E-state index contributed by atoms with van der Waals surface area (Å²) in [5.74, 6) is 0.0340. The maximum atomic E-state index is 13.8. The molecule has 3 aliphatic heterocycles. The van der Waals surface area contributed by atoms with Crippen molar-refractivity contribution in [2.75, 3.05) is 45.9 Å². The molecule has 2 saturated heterocycles. The summed E-state index contributed by atoms with van der Waals surface area (Å²) in [6.45, 7) is 5.01. The van der Waals surface area contributed by atoms with Gasteiger partial charge >= 0.3 is 0 Å². The van der Waals surface area contributed by atoms with Crippen LogP contribution in [0.4, 0.5) is 0 Å². The Morgan fingerprint density at radius 2 is 1.77 bits per heavy atom. The van der Waals surface area contributed by atoms with Crippen LogP contribution in [-0.4, -0.2) is 83.5 Å². The minimum Gasteiger partial charge on any atom is -0.379 e. The number of nitrogens with zero attached hydrogens (tertiary/aromatic N) is 3. The highest BCUT2D eigenvalue weighted by Gasteiger charge is 2.48. The molecule has 182 valence electrons. The highest BCUT2D eigenvalue weighted by atomic mass is 35.5. The average Bonchev–Trinajstić information content (AvgIpc) is 3.25. The summed E-state index contributed by atoms with van der Waals surface area (Å²) in [6.07, 6.45) is 1.37. The number of amides is 2. The molecule has 2 fully saturated rings. The number of H-pyrrole nitrogens is 1. The highest BCUT2D eigenvalue weighted by molar-refractivity contribution is 6.30. The number of hydrogen-bond acceptors (Lipinski definition) is 4. The predicted molar refractivity (Wildman–Crippen MR) is 134 cm³/mol. The van der Waals surface area contributed by atoms with Crippen molar-refractivity contribution >= 4 is 34.3 Å². The monoisotopic (exact) mass is 492 g/mol. The predicted octanol–water partition coefficient (Wildman–Crippen LogP) is 3.23. The van der Waals surface area contributed by atoms with Gasteiger partial charge in [0.1, 0.15) is 6.04 Å². The molecular formula is C27H29ClN4O3. The van der Waals surface area contributed by atoms with Gasteiger partial charge in [-0.25, -0.2) is 0 Å². The summed E-state index contributed by atoms with van der Waals surface area (Å²) in [5, 5.41) is 1.76. The molecule has 8 heteroatoms. The highest BCUT2D eigenvalue weighted by Crippen LogP contribution is 2.42. The van der Waals surface area contributed by atoms with E-state index in [1.807, 2.05) is 47.4 Å². The number of carbonyl (C=O) groups is 2. The van der Waals surface area contributed by atoms with Crippen molar-refractivity contribution in [3.05, 3.63) is 70.4 Å². The van der Waals surface area contributed by atoms with Crippen LogP contribution >= 0.6 is 11.6 Å². The quantitative estimate of drug-likeness (QED) is 0.593. The van der Waals surface area contributed by atoms with Crippen LogP contribution in [0.1, 0.15) is 29.3 Å². The minimum absolute atomic E-state index is 0.00905. The number of hydrogen-bond donors (Lipinski definition) is 1. The fourth-order valence-electron chi connectivity index (χ4n) is 5.81. The van der Waals surface area contributed by atoms with Crippen LogP contribution < -0.4 is 0 Å². The molecule has 0 bridgehead atoms. The van der Waals surface area contributed by atoms with Gasteiger partial charge in [-0.1, -0.05) is 41.9 Å². The molecule has 3 aromatic rings. The fourth-order valence-corrected chi connectivity index (χ4v) is 5.94. The van der Waals surface area contributed by atoms with Gasteiger partial charge in [0, 0.05) is 54.2 Å². The first-order valence-electron chi connectivity index (χ1n) is 12.3. The Kier molecular flexibility index (Phi) is 6.00. The van der Waals surface area contributed by atoms with E-state index < -0.39 is 6.04 Å². The third kappa shape index (κ3) is 4.11. The van der Waals surface area contributed by atoms with Gasteiger partial charge in [-0.3, -0.25) is 14.5 Å². The van der Waals surface area contributed by atoms with E-state index >= 15 is 0 Å². The van der Waals surface area contributed by atoms with Gasteiger partial charge < -0.3 is 19.5 Å². The average molecular weight is 493 g/mol. The number of morpholine rings is 1. The SMILES string of the molecule is O=C1[C@H]2Cc3c([nH]c4ccccc34)[C@@H](c3ccc(Cl)cc3)N2C(=O)CN1CCCN1CCOCC1. The summed E-state index contributed by atoms with van der Waals surface area (Å²) in [4.78, 5) is 36.8. The molecule has 1 aromatic heterocycles. The van der Waals surface area contributed by atoms with Gasteiger partial charge in [0.2, 0.25) is 11.8 Å². The van der Waals surface area contributed by atoms with Crippen molar-refractivity contribution in [1.29, 1.82) is 0 Å². The van der Waals surface area contributed by atoms with Crippen molar-refractivity contribution in [3.63, 3.8) is 0 Å². The molecule has 2 atom stereocenters. The second-order valence-electron chi connectivity index (χ2n) is 9.61. The maximum absolute atomic E-state index is 13.8. The number of carbonyl (C=O) groups excluding carboxylic acids is 2. The van der Waals surface area contributed by atoms with Crippen LogP contribution in [0.2, 0.25) is 5.02 Å². The molecule has 7 nitrogen and oxygen atoms in total. The molecule has 0 radical (unpaired) electrons. The first-order valence-corrected chi connectivity index (χ1v) is 12.7. The number of halogens is 1. The molecule has 4 heterocycles. The Hall–Kier alpha value is -2.87. The Balaban J connectivity index is 1.31. The number of benzene rings is 2. The molecule has 35 heavy (non-hydrogen) atoms. The summed E-state index contributed by atoms with van der Waals surface area (Å²) >= 11 is 6.17. The lowest BCUT2D eigenvalue weighted by molar-refractivity contribution is -0.158. The van der Waals surface area contributed by atoms with Crippen molar-refractivity contribution in [1.82, 2.24) is 19.7 Å². The first kappa shape index (κ1) is 22.6. The van der Waals surface area contributed by atoms with Crippen molar-refractivity contribution in [3.8, 4) is 0 Å².